The number of likely N-dealkylation sites (N-methyl/N-ethyl adjacent to an activating group) is 1. The SMILES string of the molecule is CN1CCN(C2CCN(C(=O)c3cc(C(F)(F)F)cc(C(F)(F)F)c3)CC2c2ccccc2)CC1. The van der Waals surface area contributed by atoms with E-state index in [1.165, 1.54) is 4.90 Å². The van der Waals surface area contributed by atoms with Crippen LogP contribution >= 0.6 is 0 Å². The number of rotatable bonds is 3. The highest BCUT2D eigenvalue weighted by molar-refractivity contribution is 5.95. The summed E-state index contributed by atoms with van der Waals surface area (Å²) in [6.07, 6.45) is -9.42. The molecule has 0 N–H and O–H groups in total. The number of amides is 1. The van der Waals surface area contributed by atoms with Crippen LogP contribution in [0.25, 0.3) is 0 Å². The third-order valence-electron chi connectivity index (χ3n) is 6.93. The van der Waals surface area contributed by atoms with Crippen LogP contribution in [0.5, 0.6) is 0 Å². The van der Waals surface area contributed by atoms with Crippen molar-refractivity contribution in [2.45, 2.75) is 30.7 Å². The number of halogens is 6. The van der Waals surface area contributed by atoms with E-state index in [4.69, 9.17) is 0 Å². The number of nitrogens with zero attached hydrogens (tertiary/aromatic N) is 3. The number of alkyl halides is 6. The molecule has 2 aromatic rings. The Bertz CT molecular complexity index is 999. The summed E-state index contributed by atoms with van der Waals surface area (Å²) >= 11 is 0. The van der Waals surface area contributed by atoms with Crippen molar-refractivity contribution in [3.05, 3.63) is 70.8 Å². The van der Waals surface area contributed by atoms with Crippen LogP contribution in [0.3, 0.4) is 0 Å². The minimum atomic E-state index is -5.00. The predicted octanol–water partition coefficient (Wildman–Crippen LogP) is 4.97. The molecular formula is C25H27F6N3O. The predicted molar refractivity (Wildman–Crippen MR) is 119 cm³/mol. The number of hydrogen-bond donors (Lipinski definition) is 0. The van der Waals surface area contributed by atoms with Crippen molar-refractivity contribution < 1.29 is 31.1 Å². The Morgan fingerprint density at radius 1 is 0.829 bits per heavy atom. The molecule has 2 unspecified atom stereocenters. The van der Waals surface area contributed by atoms with Crippen molar-refractivity contribution >= 4 is 5.91 Å². The van der Waals surface area contributed by atoms with Gasteiger partial charge in [0.1, 0.15) is 0 Å². The van der Waals surface area contributed by atoms with Gasteiger partial charge in [-0.05, 0) is 37.2 Å². The zero-order valence-corrected chi connectivity index (χ0v) is 19.2. The molecule has 0 aliphatic carbocycles. The van der Waals surface area contributed by atoms with Gasteiger partial charge in [0.05, 0.1) is 11.1 Å². The molecule has 10 heteroatoms. The number of piperazine rings is 1. The first kappa shape index (κ1) is 25.5. The van der Waals surface area contributed by atoms with Gasteiger partial charge in [-0.3, -0.25) is 9.69 Å². The van der Waals surface area contributed by atoms with Gasteiger partial charge in [0.15, 0.2) is 0 Å². The Morgan fingerprint density at radius 3 is 1.94 bits per heavy atom. The second kappa shape index (κ2) is 9.81. The lowest BCUT2D eigenvalue weighted by atomic mass is 9.84. The normalized spacial score (nSPS) is 22.9. The van der Waals surface area contributed by atoms with Gasteiger partial charge in [-0.15, -0.1) is 0 Å². The molecule has 2 heterocycles. The molecule has 0 aromatic heterocycles. The van der Waals surface area contributed by atoms with Crippen LogP contribution in [-0.4, -0.2) is 73.0 Å². The van der Waals surface area contributed by atoms with Crippen molar-refractivity contribution in [3.63, 3.8) is 0 Å². The summed E-state index contributed by atoms with van der Waals surface area (Å²) in [7, 11) is 2.05. The summed E-state index contributed by atoms with van der Waals surface area (Å²) in [4.78, 5) is 19.2. The maximum absolute atomic E-state index is 13.3. The van der Waals surface area contributed by atoms with E-state index in [0.29, 0.717) is 18.6 Å². The minimum absolute atomic E-state index is 0.0448. The molecule has 2 aliphatic rings. The number of likely N-dealkylation sites (tertiary alicyclic amines) is 1. The third-order valence-corrected chi connectivity index (χ3v) is 6.93. The first-order chi connectivity index (χ1) is 16.4. The van der Waals surface area contributed by atoms with Crippen molar-refractivity contribution in [2.24, 2.45) is 0 Å². The fourth-order valence-electron chi connectivity index (χ4n) is 5.00. The topological polar surface area (TPSA) is 26.8 Å². The average Bonchev–Trinajstić information content (AvgIpc) is 2.83. The number of piperidine rings is 1. The first-order valence-electron chi connectivity index (χ1n) is 11.5. The molecule has 4 nitrogen and oxygen atoms in total. The molecule has 1 amide bonds. The van der Waals surface area contributed by atoms with Crippen LogP contribution in [0, 0.1) is 0 Å². The molecule has 0 radical (unpaired) electrons. The van der Waals surface area contributed by atoms with Crippen molar-refractivity contribution in [2.75, 3.05) is 46.3 Å². The molecule has 2 aromatic carbocycles. The number of carbonyl (C=O) groups is 1. The second-order valence-electron chi connectivity index (χ2n) is 9.26. The van der Waals surface area contributed by atoms with Gasteiger partial charge in [-0.1, -0.05) is 30.3 Å². The highest BCUT2D eigenvalue weighted by Crippen LogP contribution is 2.37. The van der Waals surface area contributed by atoms with Crippen LogP contribution in [0.1, 0.15) is 39.4 Å². The van der Waals surface area contributed by atoms with E-state index < -0.39 is 35.0 Å². The lowest BCUT2D eigenvalue weighted by molar-refractivity contribution is -0.143. The monoisotopic (exact) mass is 499 g/mol. The Labute approximate surface area is 200 Å². The molecule has 35 heavy (non-hydrogen) atoms. The van der Waals surface area contributed by atoms with Gasteiger partial charge in [0, 0.05) is 56.8 Å². The smallest absolute Gasteiger partial charge is 0.338 e. The van der Waals surface area contributed by atoms with Crippen molar-refractivity contribution in [1.29, 1.82) is 0 Å². The van der Waals surface area contributed by atoms with Gasteiger partial charge < -0.3 is 9.80 Å². The van der Waals surface area contributed by atoms with Gasteiger partial charge in [-0.25, -0.2) is 0 Å². The van der Waals surface area contributed by atoms with Crippen LogP contribution < -0.4 is 0 Å². The van der Waals surface area contributed by atoms with Gasteiger partial charge in [0.25, 0.3) is 5.91 Å². The van der Waals surface area contributed by atoms with Crippen molar-refractivity contribution in [3.8, 4) is 0 Å². The Kier molecular flexibility index (Phi) is 7.15. The standard InChI is InChI=1S/C25H27F6N3O/c1-32-9-11-33(12-10-32)22-7-8-34(16-21(22)17-5-3-2-4-6-17)23(35)18-13-19(24(26,27)28)15-20(14-18)25(29,30)31/h2-6,13-15,21-22H,7-12,16H2,1H3. The molecule has 2 atom stereocenters. The molecule has 2 fully saturated rings. The second-order valence-corrected chi connectivity index (χ2v) is 9.26. The molecule has 2 saturated heterocycles. The largest absolute Gasteiger partial charge is 0.416 e. The van der Waals surface area contributed by atoms with E-state index in [1.807, 2.05) is 30.3 Å². The molecule has 0 bridgehead atoms. The van der Waals surface area contributed by atoms with Gasteiger partial charge in [-0.2, -0.15) is 26.3 Å². The van der Waals surface area contributed by atoms with E-state index in [0.717, 1.165) is 31.7 Å². The molecule has 2 aliphatic heterocycles. The Balaban J connectivity index is 1.63. The Hall–Kier alpha value is -2.59. The van der Waals surface area contributed by atoms with E-state index >= 15 is 0 Å². The van der Waals surface area contributed by atoms with E-state index in [9.17, 15) is 31.1 Å². The van der Waals surface area contributed by atoms with Gasteiger partial charge >= 0.3 is 12.4 Å². The summed E-state index contributed by atoms with van der Waals surface area (Å²) in [6.45, 7) is 4.02. The van der Waals surface area contributed by atoms with Crippen LogP contribution in [0.15, 0.2) is 48.5 Å². The van der Waals surface area contributed by atoms with E-state index in [2.05, 4.69) is 16.8 Å². The number of benzene rings is 2. The fourth-order valence-corrected chi connectivity index (χ4v) is 5.00. The zero-order chi connectivity index (χ0) is 25.4. The van der Waals surface area contributed by atoms with Crippen LogP contribution in [0.2, 0.25) is 0 Å². The molecule has 0 saturated carbocycles. The summed E-state index contributed by atoms with van der Waals surface area (Å²) in [5.74, 6) is -0.926. The quantitative estimate of drug-likeness (QED) is 0.558. The number of carbonyl (C=O) groups excluding carboxylic acids is 1. The van der Waals surface area contributed by atoms with Crippen molar-refractivity contribution in [1.82, 2.24) is 14.7 Å². The summed E-state index contributed by atoms with van der Waals surface area (Å²) in [5, 5.41) is 0. The maximum atomic E-state index is 13.3. The average molecular weight is 499 g/mol. The zero-order valence-electron chi connectivity index (χ0n) is 19.2. The molecule has 190 valence electrons. The minimum Gasteiger partial charge on any atom is -0.338 e. The highest BCUT2D eigenvalue weighted by atomic mass is 19.4. The van der Waals surface area contributed by atoms with Gasteiger partial charge in [0.2, 0.25) is 0 Å². The van der Waals surface area contributed by atoms with Crippen LogP contribution in [-0.2, 0) is 12.4 Å². The Morgan fingerprint density at radius 2 is 1.40 bits per heavy atom. The summed E-state index contributed by atoms with van der Waals surface area (Å²) < 4.78 is 79.9. The molecule has 0 spiro atoms. The molecule has 4 rings (SSSR count). The number of hydrogen-bond acceptors (Lipinski definition) is 3. The third kappa shape index (κ3) is 5.81. The summed E-state index contributed by atoms with van der Waals surface area (Å²) in [6, 6.07) is 10.8. The lowest BCUT2D eigenvalue weighted by Crippen LogP contribution is -2.56. The van der Waals surface area contributed by atoms with E-state index in [-0.39, 0.29) is 31.1 Å². The maximum Gasteiger partial charge on any atom is 0.416 e. The van der Waals surface area contributed by atoms with E-state index in [1.54, 1.807) is 0 Å². The van der Waals surface area contributed by atoms with Crippen LogP contribution in [0.4, 0.5) is 26.3 Å². The highest BCUT2D eigenvalue weighted by Gasteiger charge is 2.40. The molecular weight excluding hydrogens is 472 g/mol. The fraction of sp³-hybridized carbons (Fsp3) is 0.480. The summed E-state index contributed by atoms with van der Waals surface area (Å²) in [5.41, 5.74) is -2.57. The first-order valence-corrected chi connectivity index (χ1v) is 11.5. The lowest BCUT2D eigenvalue weighted by Gasteiger charge is -2.46.